The summed E-state index contributed by atoms with van der Waals surface area (Å²) >= 11 is 0. The van der Waals surface area contributed by atoms with Crippen molar-refractivity contribution in [1.82, 2.24) is 0 Å². The average Bonchev–Trinajstić information content (AvgIpc) is 3.68. The zero-order valence-corrected chi connectivity index (χ0v) is 25.1. The van der Waals surface area contributed by atoms with Gasteiger partial charge in [0.05, 0.1) is 17.8 Å². The van der Waals surface area contributed by atoms with E-state index in [4.69, 9.17) is 14.2 Å². The van der Waals surface area contributed by atoms with Gasteiger partial charge >= 0.3 is 17.9 Å². The van der Waals surface area contributed by atoms with Gasteiger partial charge in [-0.05, 0) is 47.2 Å². The first-order chi connectivity index (χ1) is 22.2. The zero-order chi connectivity index (χ0) is 31.5. The Labute approximate surface area is 264 Å². The summed E-state index contributed by atoms with van der Waals surface area (Å²) in [6.07, 6.45) is -0.277. The van der Waals surface area contributed by atoms with Crippen molar-refractivity contribution >= 4 is 38.8 Å². The van der Waals surface area contributed by atoms with E-state index in [0.29, 0.717) is 18.2 Å². The molecule has 46 heavy (non-hydrogen) atoms. The fourth-order valence-corrected chi connectivity index (χ4v) is 9.99. The number of fused-ring (bicyclic) bond motifs is 3. The third-order valence-corrected chi connectivity index (χ3v) is 11.9. The van der Waals surface area contributed by atoms with Crippen LogP contribution in [0.15, 0.2) is 89.8 Å². The number of ether oxygens (including phenoxy) is 3. The van der Waals surface area contributed by atoms with Gasteiger partial charge in [0, 0.05) is 34.4 Å². The summed E-state index contributed by atoms with van der Waals surface area (Å²) in [5, 5.41) is 0.511. The van der Waals surface area contributed by atoms with E-state index in [9.17, 15) is 27.4 Å². The van der Waals surface area contributed by atoms with Crippen LogP contribution >= 0.6 is 0 Å². The van der Waals surface area contributed by atoms with E-state index < -0.39 is 57.9 Å². The SMILES string of the molecule is O=C(OC1C2CC3C1OC(=O)C3C2C(=O)Oc1ccc(S(=O)(=O)O)c2ccccc12)C1CC2c3ccccc3C1c1ccccc12. The van der Waals surface area contributed by atoms with Crippen molar-refractivity contribution in [3.8, 4) is 5.75 Å². The molecule has 9 nitrogen and oxygen atoms in total. The highest BCUT2D eigenvalue weighted by atomic mass is 32.2. The first-order valence-electron chi connectivity index (χ1n) is 15.5. The second-order valence-corrected chi connectivity index (χ2v) is 14.4. The summed E-state index contributed by atoms with van der Waals surface area (Å²) in [5.74, 6) is -4.23. The van der Waals surface area contributed by atoms with E-state index >= 15 is 0 Å². The van der Waals surface area contributed by atoms with Crippen LogP contribution in [0.4, 0.5) is 0 Å². The number of carbonyl (C=O) groups is 3. The van der Waals surface area contributed by atoms with Crippen LogP contribution in [0.2, 0.25) is 0 Å². The van der Waals surface area contributed by atoms with Gasteiger partial charge in [0.2, 0.25) is 0 Å². The third-order valence-electron chi connectivity index (χ3n) is 11.0. The third kappa shape index (κ3) is 3.83. The number of rotatable bonds is 5. The van der Waals surface area contributed by atoms with E-state index in [1.807, 2.05) is 24.3 Å². The molecule has 4 aromatic rings. The fraction of sp³-hybridized carbons (Fsp3) is 0.306. The topological polar surface area (TPSA) is 133 Å². The van der Waals surface area contributed by atoms with Crippen LogP contribution in [0.25, 0.3) is 10.8 Å². The molecule has 10 rings (SSSR count). The number of hydrogen-bond donors (Lipinski definition) is 1. The van der Waals surface area contributed by atoms with Gasteiger partial charge in [-0.3, -0.25) is 18.9 Å². The van der Waals surface area contributed by atoms with E-state index in [1.54, 1.807) is 18.2 Å². The molecule has 0 spiro atoms. The molecule has 232 valence electrons. The molecule has 3 fully saturated rings. The van der Waals surface area contributed by atoms with Gasteiger partial charge in [-0.1, -0.05) is 72.8 Å². The molecule has 4 bridgehead atoms. The second-order valence-electron chi connectivity index (χ2n) is 13.1. The number of hydrogen-bond acceptors (Lipinski definition) is 8. The Morgan fingerprint density at radius 2 is 1.39 bits per heavy atom. The summed E-state index contributed by atoms with van der Waals surface area (Å²) in [5.41, 5.74) is 4.74. The Bertz CT molecular complexity index is 2060. The molecular weight excluding hydrogens is 608 g/mol. The molecule has 6 aliphatic rings. The molecule has 7 unspecified atom stereocenters. The number of esters is 3. The van der Waals surface area contributed by atoms with E-state index in [2.05, 4.69) is 24.3 Å². The van der Waals surface area contributed by atoms with Crippen molar-refractivity contribution in [3.05, 3.63) is 107 Å². The molecule has 10 heteroatoms. The first-order valence-corrected chi connectivity index (χ1v) is 16.9. The Hall–Kier alpha value is -4.54. The van der Waals surface area contributed by atoms with Crippen LogP contribution in [0, 0.1) is 29.6 Å². The summed E-state index contributed by atoms with van der Waals surface area (Å²) in [6.45, 7) is 0. The van der Waals surface area contributed by atoms with Gasteiger partial charge < -0.3 is 14.2 Å². The lowest BCUT2D eigenvalue weighted by Crippen LogP contribution is -2.46. The largest absolute Gasteiger partial charge is 0.458 e. The maximum atomic E-state index is 14.1. The molecule has 4 aromatic carbocycles. The Morgan fingerprint density at radius 3 is 2.07 bits per heavy atom. The fourth-order valence-electron chi connectivity index (χ4n) is 9.29. The monoisotopic (exact) mass is 636 g/mol. The van der Waals surface area contributed by atoms with Gasteiger partial charge in [0.1, 0.15) is 22.9 Å². The van der Waals surface area contributed by atoms with Crippen molar-refractivity contribution < 1.29 is 41.6 Å². The minimum Gasteiger partial charge on any atom is -0.458 e. The molecule has 2 saturated carbocycles. The van der Waals surface area contributed by atoms with Gasteiger partial charge in [0.15, 0.2) is 0 Å². The van der Waals surface area contributed by atoms with Crippen molar-refractivity contribution in [2.75, 3.05) is 0 Å². The lowest BCUT2D eigenvalue weighted by molar-refractivity contribution is -0.169. The van der Waals surface area contributed by atoms with E-state index in [0.717, 1.165) is 11.1 Å². The maximum Gasteiger partial charge on any atom is 0.315 e. The minimum atomic E-state index is -4.53. The number of carbonyl (C=O) groups excluding carboxylic acids is 3. The van der Waals surface area contributed by atoms with Crippen LogP contribution in [0.1, 0.15) is 46.9 Å². The average molecular weight is 637 g/mol. The maximum absolute atomic E-state index is 14.1. The van der Waals surface area contributed by atoms with Gasteiger partial charge in [-0.25, -0.2) is 0 Å². The Balaban J connectivity index is 1.01. The standard InChI is InChI=1S/C36H28O9S/c37-34(26-15-23-17-7-1-5-11-21(17)29(26)22-12-6-2-8-18(22)23)44-32-24-16-25-31(36(39)45-33(25)32)30(24)35(38)43-27-13-14-28(46(40,41)42)20-10-4-3-9-19(20)27/h1-14,23-26,29-33H,15-16H2,(H,40,41,42). The molecular formula is C36H28O9S. The van der Waals surface area contributed by atoms with Gasteiger partial charge in [-0.15, -0.1) is 0 Å². The molecule has 0 aromatic heterocycles. The van der Waals surface area contributed by atoms with Crippen LogP contribution in [-0.4, -0.2) is 43.1 Å². The zero-order valence-electron chi connectivity index (χ0n) is 24.3. The molecule has 1 saturated heterocycles. The normalized spacial score (nSPS) is 31.3. The van der Waals surface area contributed by atoms with E-state index in [1.165, 1.54) is 29.3 Å². The molecule has 0 amide bonds. The summed E-state index contributed by atoms with van der Waals surface area (Å²) in [4.78, 5) is 40.7. The molecule has 5 aliphatic carbocycles. The first kappa shape index (κ1) is 27.7. The predicted molar refractivity (Wildman–Crippen MR) is 162 cm³/mol. The smallest absolute Gasteiger partial charge is 0.315 e. The van der Waals surface area contributed by atoms with Crippen LogP contribution in [-0.2, 0) is 34.0 Å². The van der Waals surface area contributed by atoms with Crippen molar-refractivity contribution in [3.63, 3.8) is 0 Å². The Kier molecular flexibility index (Phi) is 5.87. The highest BCUT2D eigenvalue weighted by molar-refractivity contribution is 7.86. The Morgan fingerprint density at radius 1 is 0.761 bits per heavy atom. The molecule has 1 heterocycles. The van der Waals surface area contributed by atoms with Crippen molar-refractivity contribution in [2.24, 2.45) is 29.6 Å². The molecule has 1 aliphatic heterocycles. The highest BCUT2D eigenvalue weighted by Crippen LogP contribution is 2.60. The predicted octanol–water partition coefficient (Wildman–Crippen LogP) is 5.01. The van der Waals surface area contributed by atoms with Crippen molar-refractivity contribution in [2.45, 2.75) is 41.8 Å². The molecule has 1 N–H and O–H groups in total. The summed E-state index contributed by atoms with van der Waals surface area (Å²) in [6, 6.07) is 25.4. The second kappa shape index (κ2) is 9.73. The highest BCUT2D eigenvalue weighted by Gasteiger charge is 2.70. The summed E-state index contributed by atoms with van der Waals surface area (Å²) in [7, 11) is -4.53. The van der Waals surface area contributed by atoms with E-state index in [-0.39, 0.29) is 39.8 Å². The van der Waals surface area contributed by atoms with Gasteiger partial charge in [0.25, 0.3) is 10.1 Å². The van der Waals surface area contributed by atoms with Crippen LogP contribution in [0.5, 0.6) is 5.75 Å². The lowest BCUT2D eigenvalue weighted by atomic mass is 9.59. The quantitative estimate of drug-likeness (QED) is 0.182. The molecule has 0 radical (unpaired) electrons. The summed E-state index contributed by atoms with van der Waals surface area (Å²) < 4.78 is 51.5. The lowest BCUT2D eigenvalue weighted by Gasteiger charge is -2.45. The van der Waals surface area contributed by atoms with Crippen LogP contribution < -0.4 is 4.74 Å². The molecule has 7 atom stereocenters. The number of benzene rings is 4. The van der Waals surface area contributed by atoms with Gasteiger partial charge in [-0.2, -0.15) is 8.42 Å². The van der Waals surface area contributed by atoms with Crippen molar-refractivity contribution in [1.29, 1.82) is 0 Å². The minimum absolute atomic E-state index is 0.0772. The van der Waals surface area contributed by atoms with Crippen LogP contribution in [0.3, 0.4) is 0 Å².